The average Bonchev–Trinajstić information content (AvgIpc) is 1.81. The highest BCUT2D eigenvalue weighted by atomic mass is 16.2. The van der Waals surface area contributed by atoms with Crippen LogP contribution in [0, 0.1) is 0 Å². The number of fused-ring (bicyclic) bond motifs is 4. The van der Waals surface area contributed by atoms with Gasteiger partial charge in [-0.1, -0.05) is 97.1 Å². The molecular weight excluding hydrogens is 1120 g/mol. The quantitative estimate of drug-likeness (QED) is 0.0221. The van der Waals surface area contributed by atoms with Gasteiger partial charge in [0.2, 0.25) is 0 Å². The van der Waals surface area contributed by atoms with Crippen LogP contribution in [0.2, 0.25) is 0 Å². The SMILES string of the molecule is CN(C)CCCC(=O)c1ccc(-c2nc3ccc(-c4ccc5nc(-c6ccc(C(=O)NCCCN(C)CCCNC(=O)c7ccc(-c8nc9ccc(-c%10ccc%11nc(-c%12ccc(C(=O)CCCN(C)C)cc%12)[nH]c%11c%10)cc9[nH]8)cc7)cc6)[nH]c5c4)cc3[nH]2)cc1. The minimum Gasteiger partial charge on any atom is -0.352 e. The standard InChI is InChI=1S/C73H73N13O4/c1-84(2)38-6-10-66(87)46-12-16-48(17-13-46)68-76-58-32-28-54(42-62(58)80-68)56-30-34-60-64(44-56)82-70(78-60)50-20-24-52(25-21-50)72(89)74-36-8-40-86(5)41-9-37-75-73(90)53-26-22-51(23-27-53)71-79-61-35-31-57(45-65(61)83-71)55-29-33-59-63(43-55)81-69(77-59)49-18-14-47(15-19-49)67(88)11-7-39-85(3)4/h12-35,42-45H,6-11,36-41H2,1-5H3,(H,74,89)(H,75,90)(H,76,80)(H,77,81)(H,78,82)(H,79,83). The molecule has 17 heteroatoms. The summed E-state index contributed by atoms with van der Waals surface area (Å²) in [6.07, 6.45) is 4.28. The van der Waals surface area contributed by atoms with E-state index < -0.39 is 0 Å². The van der Waals surface area contributed by atoms with Crippen LogP contribution in [-0.2, 0) is 0 Å². The van der Waals surface area contributed by atoms with Gasteiger partial charge in [0, 0.05) is 70.4 Å². The normalized spacial score (nSPS) is 11.7. The molecule has 8 aromatic carbocycles. The fourth-order valence-electron chi connectivity index (χ4n) is 11.3. The van der Waals surface area contributed by atoms with Crippen molar-refractivity contribution in [3.63, 3.8) is 0 Å². The van der Waals surface area contributed by atoms with Crippen molar-refractivity contribution in [3.05, 3.63) is 192 Å². The van der Waals surface area contributed by atoms with E-state index in [0.29, 0.717) is 48.2 Å². The number of imidazole rings is 4. The van der Waals surface area contributed by atoms with E-state index in [0.717, 1.165) is 164 Å². The van der Waals surface area contributed by atoms with E-state index in [1.54, 1.807) is 0 Å². The molecule has 0 saturated carbocycles. The molecule has 0 bridgehead atoms. The van der Waals surface area contributed by atoms with E-state index in [1.165, 1.54) is 0 Å². The number of carbonyl (C=O) groups excluding carboxylic acids is 4. The summed E-state index contributed by atoms with van der Waals surface area (Å²) in [5, 5.41) is 6.12. The van der Waals surface area contributed by atoms with Crippen LogP contribution in [0.25, 0.3) is 112 Å². The number of rotatable bonds is 26. The molecule has 90 heavy (non-hydrogen) atoms. The van der Waals surface area contributed by atoms with Crippen molar-refractivity contribution >= 4 is 67.5 Å². The molecule has 4 aromatic heterocycles. The van der Waals surface area contributed by atoms with Crippen molar-refractivity contribution in [2.24, 2.45) is 0 Å². The molecule has 0 aliphatic rings. The van der Waals surface area contributed by atoms with Crippen molar-refractivity contribution < 1.29 is 19.2 Å². The first-order valence-electron chi connectivity index (χ1n) is 30.8. The van der Waals surface area contributed by atoms with Crippen LogP contribution in [0.3, 0.4) is 0 Å². The van der Waals surface area contributed by atoms with Gasteiger partial charge in [-0.2, -0.15) is 0 Å². The number of nitrogens with one attached hydrogen (secondary N) is 6. The maximum absolute atomic E-state index is 13.1. The third-order valence-electron chi connectivity index (χ3n) is 16.4. The Bertz CT molecular complexity index is 4250. The maximum Gasteiger partial charge on any atom is 0.251 e. The number of nitrogens with zero attached hydrogens (tertiary/aromatic N) is 7. The highest BCUT2D eigenvalue weighted by molar-refractivity contribution is 5.98. The first-order valence-corrected chi connectivity index (χ1v) is 30.8. The molecule has 0 fully saturated rings. The number of hydrogen-bond donors (Lipinski definition) is 6. The number of ketones is 2. The van der Waals surface area contributed by atoms with E-state index >= 15 is 0 Å². The molecule has 0 spiro atoms. The molecule has 0 atom stereocenters. The van der Waals surface area contributed by atoms with Crippen molar-refractivity contribution in [3.8, 4) is 67.8 Å². The summed E-state index contributed by atoms with van der Waals surface area (Å²) in [6.45, 7) is 4.43. The predicted molar refractivity (Wildman–Crippen MR) is 360 cm³/mol. The number of amides is 2. The second-order valence-corrected chi connectivity index (χ2v) is 23.8. The summed E-state index contributed by atoms with van der Waals surface area (Å²) in [4.78, 5) is 91.4. The largest absolute Gasteiger partial charge is 0.352 e. The second-order valence-electron chi connectivity index (χ2n) is 23.8. The zero-order chi connectivity index (χ0) is 62.3. The molecule has 0 unspecified atom stereocenters. The third-order valence-corrected chi connectivity index (χ3v) is 16.4. The van der Waals surface area contributed by atoms with Gasteiger partial charge in [-0.25, -0.2) is 19.9 Å². The fourth-order valence-corrected chi connectivity index (χ4v) is 11.3. The molecule has 6 N–H and O–H groups in total. The lowest BCUT2D eigenvalue weighted by molar-refractivity contribution is 0.0945. The number of carbonyl (C=O) groups is 4. The van der Waals surface area contributed by atoms with Crippen LogP contribution in [-0.4, -0.2) is 152 Å². The molecule has 0 radical (unpaired) electrons. The first kappa shape index (κ1) is 60.1. The Morgan fingerprint density at radius 1 is 0.333 bits per heavy atom. The zero-order valence-electron chi connectivity index (χ0n) is 51.4. The first-order chi connectivity index (χ1) is 43.7. The highest BCUT2D eigenvalue weighted by Crippen LogP contribution is 2.32. The molecule has 0 saturated heterocycles. The summed E-state index contributed by atoms with van der Waals surface area (Å²) in [5.74, 6) is 2.98. The molecule has 17 nitrogen and oxygen atoms in total. The Balaban J connectivity index is 0.561. The number of benzene rings is 8. The van der Waals surface area contributed by atoms with Crippen LogP contribution >= 0.6 is 0 Å². The van der Waals surface area contributed by atoms with Crippen molar-refractivity contribution in [2.45, 2.75) is 38.5 Å². The maximum atomic E-state index is 13.1. The van der Waals surface area contributed by atoms with E-state index in [9.17, 15) is 19.2 Å². The summed E-state index contributed by atoms with van der Waals surface area (Å²) in [7, 11) is 10.1. The average molecular weight is 1200 g/mol. The van der Waals surface area contributed by atoms with Gasteiger partial charge in [0.05, 0.1) is 44.1 Å². The van der Waals surface area contributed by atoms with E-state index in [1.807, 2.05) is 157 Å². The smallest absolute Gasteiger partial charge is 0.251 e. The lowest BCUT2D eigenvalue weighted by Crippen LogP contribution is -2.30. The van der Waals surface area contributed by atoms with Crippen molar-refractivity contribution in [1.29, 1.82) is 0 Å². The van der Waals surface area contributed by atoms with Gasteiger partial charge in [-0.3, -0.25) is 19.2 Å². The fraction of sp³-hybridized carbons (Fsp3) is 0.233. The van der Waals surface area contributed by atoms with Crippen LogP contribution in [0.1, 0.15) is 80.0 Å². The van der Waals surface area contributed by atoms with Crippen LogP contribution in [0.5, 0.6) is 0 Å². The van der Waals surface area contributed by atoms with Crippen molar-refractivity contribution in [1.82, 2.24) is 65.2 Å². The monoisotopic (exact) mass is 1200 g/mol. The summed E-state index contributed by atoms with van der Waals surface area (Å²) < 4.78 is 0. The van der Waals surface area contributed by atoms with Gasteiger partial charge < -0.3 is 45.3 Å². The molecule has 0 aliphatic heterocycles. The molecule has 4 heterocycles. The molecule has 2 amide bonds. The van der Waals surface area contributed by atoms with E-state index in [-0.39, 0.29) is 23.4 Å². The topological polar surface area (TPSA) is 217 Å². The minimum absolute atomic E-state index is 0.129. The van der Waals surface area contributed by atoms with Gasteiger partial charge in [0.1, 0.15) is 23.3 Å². The summed E-state index contributed by atoms with van der Waals surface area (Å²) >= 11 is 0. The highest BCUT2D eigenvalue weighted by Gasteiger charge is 2.17. The van der Waals surface area contributed by atoms with E-state index in [2.05, 4.69) is 93.8 Å². The summed E-state index contributed by atoms with van der Waals surface area (Å²) in [6, 6.07) is 55.0. The molecule has 0 aliphatic carbocycles. The van der Waals surface area contributed by atoms with Gasteiger partial charge in [-0.05, 0) is 182 Å². The Morgan fingerprint density at radius 2 is 0.600 bits per heavy atom. The number of aromatic amines is 4. The van der Waals surface area contributed by atoms with Gasteiger partial charge in [0.25, 0.3) is 11.8 Å². The Hall–Kier alpha value is -10.2. The summed E-state index contributed by atoms with van der Waals surface area (Å²) in [5.41, 5.74) is 17.4. The van der Waals surface area contributed by atoms with Gasteiger partial charge in [-0.15, -0.1) is 0 Å². The Labute approximate surface area is 522 Å². The lowest BCUT2D eigenvalue weighted by atomic mass is 10.0. The van der Waals surface area contributed by atoms with E-state index in [4.69, 9.17) is 19.9 Å². The minimum atomic E-state index is -0.129. The number of H-pyrrole nitrogens is 4. The third kappa shape index (κ3) is 14.2. The van der Waals surface area contributed by atoms with Crippen LogP contribution in [0.15, 0.2) is 170 Å². The molecule has 454 valence electrons. The Morgan fingerprint density at radius 3 is 0.878 bits per heavy atom. The molecule has 12 rings (SSSR count). The zero-order valence-corrected chi connectivity index (χ0v) is 51.4. The number of hydrogen-bond acceptors (Lipinski definition) is 11. The lowest BCUT2D eigenvalue weighted by Gasteiger charge is -2.17. The predicted octanol–water partition coefficient (Wildman–Crippen LogP) is 13.1. The van der Waals surface area contributed by atoms with Gasteiger partial charge in [0.15, 0.2) is 11.6 Å². The van der Waals surface area contributed by atoms with Crippen LogP contribution in [0.4, 0.5) is 0 Å². The molecular formula is C73H73N13O4. The molecule has 12 aromatic rings. The second kappa shape index (κ2) is 27.0. The van der Waals surface area contributed by atoms with Crippen LogP contribution < -0.4 is 10.6 Å². The van der Waals surface area contributed by atoms with Gasteiger partial charge >= 0.3 is 0 Å². The number of Topliss-reactive ketones (excluding diaryl/α,β-unsaturated/α-hetero) is 2. The number of aromatic nitrogens is 8. The van der Waals surface area contributed by atoms with Crippen molar-refractivity contribution in [2.75, 3.05) is 74.5 Å². The Kier molecular flexibility index (Phi) is 18.1.